The van der Waals surface area contributed by atoms with Crippen LogP contribution < -0.4 is 10.2 Å². The molecule has 0 saturated carbocycles. The van der Waals surface area contributed by atoms with Gasteiger partial charge in [-0.2, -0.15) is 4.98 Å². The van der Waals surface area contributed by atoms with Crippen LogP contribution in [-0.2, 0) is 0 Å². The van der Waals surface area contributed by atoms with Crippen molar-refractivity contribution in [2.45, 2.75) is 32.9 Å². The highest BCUT2D eigenvalue weighted by Crippen LogP contribution is 2.25. The van der Waals surface area contributed by atoms with Crippen molar-refractivity contribution in [3.8, 4) is 11.5 Å². The summed E-state index contributed by atoms with van der Waals surface area (Å²) >= 11 is 0. The zero-order valence-corrected chi connectivity index (χ0v) is 15.0. The lowest BCUT2D eigenvalue weighted by Gasteiger charge is -2.30. The highest BCUT2D eigenvalue weighted by molar-refractivity contribution is 5.59. The normalized spacial score (nSPS) is 19.0. The Balaban J connectivity index is 1.78. The number of aromatic nitrogens is 2. The van der Waals surface area contributed by atoms with Crippen LogP contribution in [0.5, 0.6) is 0 Å². The quantitative estimate of drug-likeness (QED) is 0.910. The van der Waals surface area contributed by atoms with Crippen LogP contribution in [0.15, 0.2) is 28.8 Å². The number of benzene rings is 1. The van der Waals surface area contributed by atoms with Gasteiger partial charge in [0.25, 0.3) is 5.89 Å². The van der Waals surface area contributed by atoms with E-state index in [0.29, 0.717) is 11.9 Å². The second kappa shape index (κ2) is 7.32. The minimum atomic E-state index is 0.173. The van der Waals surface area contributed by atoms with Crippen molar-refractivity contribution in [2.75, 3.05) is 38.1 Å². The van der Waals surface area contributed by atoms with Crippen molar-refractivity contribution in [1.82, 2.24) is 20.4 Å². The average Bonchev–Trinajstić information content (AvgIpc) is 3.06. The van der Waals surface area contributed by atoms with Gasteiger partial charge in [-0.3, -0.25) is 4.90 Å². The third-order valence-electron chi connectivity index (χ3n) is 4.66. The molecule has 2 heterocycles. The molecule has 1 fully saturated rings. The maximum absolute atomic E-state index is 5.50. The molecule has 130 valence electrons. The number of piperazine rings is 1. The van der Waals surface area contributed by atoms with Crippen molar-refractivity contribution >= 4 is 5.69 Å². The minimum absolute atomic E-state index is 0.173. The summed E-state index contributed by atoms with van der Waals surface area (Å²) < 4.78 is 5.50. The van der Waals surface area contributed by atoms with Crippen molar-refractivity contribution in [3.63, 3.8) is 0 Å². The molecule has 0 spiro atoms. The summed E-state index contributed by atoms with van der Waals surface area (Å²) in [4.78, 5) is 9.22. The van der Waals surface area contributed by atoms with Crippen LogP contribution in [0.25, 0.3) is 11.5 Å². The van der Waals surface area contributed by atoms with Gasteiger partial charge in [0.2, 0.25) is 0 Å². The Labute approximate surface area is 143 Å². The number of hydrogen-bond donors (Lipinski definition) is 1. The van der Waals surface area contributed by atoms with Gasteiger partial charge in [0.1, 0.15) is 0 Å². The molecule has 1 aliphatic rings. The number of nitrogens with zero attached hydrogens (tertiary/aromatic N) is 4. The first-order chi connectivity index (χ1) is 11.6. The number of hydrogen-bond acceptors (Lipinski definition) is 6. The first-order valence-corrected chi connectivity index (χ1v) is 8.71. The maximum atomic E-state index is 5.50. The van der Waals surface area contributed by atoms with Gasteiger partial charge >= 0.3 is 0 Å². The summed E-state index contributed by atoms with van der Waals surface area (Å²) in [6.07, 6.45) is 0. The fourth-order valence-corrected chi connectivity index (χ4v) is 3.22. The first-order valence-electron chi connectivity index (χ1n) is 8.71. The number of rotatable bonds is 5. The smallest absolute Gasteiger partial charge is 0.257 e. The zero-order chi connectivity index (χ0) is 17.1. The van der Waals surface area contributed by atoms with Gasteiger partial charge in [-0.1, -0.05) is 5.16 Å². The van der Waals surface area contributed by atoms with Crippen LogP contribution in [0.3, 0.4) is 0 Å². The minimum Gasteiger partial charge on any atom is -0.369 e. The molecule has 1 atom stereocenters. The van der Waals surface area contributed by atoms with Gasteiger partial charge in [-0.25, -0.2) is 0 Å². The molecule has 3 rings (SSSR count). The molecule has 1 saturated heterocycles. The molecule has 1 aliphatic heterocycles. The van der Waals surface area contributed by atoms with Crippen molar-refractivity contribution < 1.29 is 4.52 Å². The summed E-state index contributed by atoms with van der Waals surface area (Å²) in [6.45, 7) is 10.4. The third-order valence-corrected chi connectivity index (χ3v) is 4.66. The molecular formula is C18H27N5O. The number of likely N-dealkylation sites (N-methyl/N-ethyl adjacent to an activating group) is 1. The molecule has 1 aromatic heterocycles. The van der Waals surface area contributed by atoms with Crippen LogP contribution in [0, 0.1) is 0 Å². The van der Waals surface area contributed by atoms with E-state index in [4.69, 9.17) is 4.52 Å². The Bertz CT molecular complexity index is 652. The molecule has 24 heavy (non-hydrogen) atoms. The van der Waals surface area contributed by atoms with Crippen LogP contribution in [0.1, 0.15) is 32.6 Å². The van der Waals surface area contributed by atoms with Gasteiger partial charge in [0, 0.05) is 43.5 Å². The maximum Gasteiger partial charge on any atom is 0.257 e. The topological polar surface area (TPSA) is 57.4 Å². The van der Waals surface area contributed by atoms with E-state index < -0.39 is 0 Å². The fourth-order valence-electron chi connectivity index (χ4n) is 3.22. The Hall–Kier alpha value is -1.92. The summed E-state index contributed by atoms with van der Waals surface area (Å²) in [5.74, 6) is 1.34. The standard InChI is InChI=1S/C18H27N5O/c1-5-23(13(2)3)15-8-6-14(7-9-15)18-20-17(21-24-18)16-12-19-10-11-22(16)4/h6-9,13,16,19H,5,10-12H2,1-4H3. The van der Waals surface area contributed by atoms with E-state index in [2.05, 4.69) is 77.3 Å². The lowest BCUT2D eigenvalue weighted by atomic mass is 10.1. The van der Waals surface area contributed by atoms with E-state index in [1.54, 1.807) is 0 Å². The second-order valence-corrected chi connectivity index (χ2v) is 6.58. The molecule has 0 radical (unpaired) electrons. The molecule has 1 N–H and O–H groups in total. The molecule has 2 aromatic rings. The molecular weight excluding hydrogens is 302 g/mol. The highest BCUT2D eigenvalue weighted by Gasteiger charge is 2.25. The van der Waals surface area contributed by atoms with Gasteiger partial charge in [-0.15, -0.1) is 0 Å². The van der Waals surface area contributed by atoms with Gasteiger partial charge in [0.05, 0.1) is 6.04 Å². The van der Waals surface area contributed by atoms with Crippen molar-refractivity contribution in [2.24, 2.45) is 0 Å². The Kier molecular flexibility index (Phi) is 5.16. The van der Waals surface area contributed by atoms with Gasteiger partial charge in [-0.05, 0) is 52.1 Å². The second-order valence-electron chi connectivity index (χ2n) is 6.58. The van der Waals surface area contributed by atoms with Crippen LogP contribution in [0.4, 0.5) is 5.69 Å². The summed E-state index contributed by atoms with van der Waals surface area (Å²) in [6, 6.07) is 9.01. The van der Waals surface area contributed by atoms with Crippen LogP contribution in [0.2, 0.25) is 0 Å². The lowest BCUT2D eigenvalue weighted by molar-refractivity contribution is 0.190. The Morgan fingerprint density at radius 2 is 2.08 bits per heavy atom. The third kappa shape index (κ3) is 3.44. The summed E-state index contributed by atoms with van der Waals surface area (Å²) in [5.41, 5.74) is 2.18. The zero-order valence-electron chi connectivity index (χ0n) is 15.0. The highest BCUT2D eigenvalue weighted by atomic mass is 16.5. The van der Waals surface area contributed by atoms with E-state index in [-0.39, 0.29) is 6.04 Å². The van der Waals surface area contributed by atoms with E-state index in [9.17, 15) is 0 Å². The molecule has 0 bridgehead atoms. The van der Waals surface area contributed by atoms with Crippen molar-refractivity contribution in [1.29, 1.82) is 0 Å². The summed E-state index contributed by atoms with van der Waals surface area (Å²) in [7, 11) is 2.10. The predicted octanol–water partition coefficient (Wildman–Crippen LogP) is 2.55. The van der Waals surface area contributed by atoms with E-state index in [1.807, 2.05) is 0 Å². The van der Waals surface area contributed by atoms with Crippen LogP contribution in [-0.4, -0.2) is 54.3 Å². The molecule has 6 nitrogen and oxygen atoms in total. The molecule has 0 amide bonds. The summed E-state index contributed by atoms with van der Waals surface area (Å²) in [5, 5.41) is 7.57. The van der Waals surface area contributed by atoms with Crippen LogP contribution >= 0.6 is 0 Å². The Morgan fingerprint density at radius 1 is 1.33 bits per heavy atom. The Morgan fingerprint density at radius 3 is 2.71 bits per heavy atom. The SMILES string of the molecule is CCN(c1ccc(-c2nc(C3CNCCN3C)no2)cc1)C(C)C. The molecule has 1 aromatic carbocycles. The number of anilines is 1. The van der Waals surface area contributed by atoms with E-state index >= 15 is 0 Å². The van der Waals surface area contributed by atoms with Gasteiger partial charge < -0.3 is 14.7 Å². The predicted molar refractivity (Wildman–Crippen MR) is 96.1 cm³/mol. The molecule has 1 unspecified atom stereocenters. The van der Waals surface area contributed by atoms with E-state index in [1.165, 1.54) is 5.69 Å². The van der Waals surface area contributed by atoms with Crippen molar-refractivity contribution in [3.05, 3.63) is 30.1 Å². The number of nitrogens with one attached hydrogen (secondary N) is 1. The largest absolute Gasteiger partial charge is 0.369 e. The lowest BCUT2D eigenvalue weighted by Crippen LogP contribution is -2.44. The monoisotopic (exact) mass is 329 g/mol. The molecule has 6 heteroatoms. The van der Waals surface area contributed by atoms with Gasteiger partial charge in [0.15, 0.2) is 5.82 Å². The fraction of sp³-hybridized carbons (Fsp3) is 0.556. The first kappa shape index (κ1) is 16.9. The molecule has 0 aliphatic carbocycles. The van der Waals surface area contributed by atoms with E-state index in [0.717, 1.165) is 37.6 Å². The average molecular weight is 329 g/mol.